The highest BCUT2D eigenvalue weighted by atomic mass is 35.5. The number of nitrogen functional groups attached to an aromatic ring is 1. The highest BCUT2D eigenvalue weighted by Gasteiger charge is 2.09. The molecule has 3 nitrogen and oxygen atoms in total. The van der Waals surface area contributed by atoms with Crippen LogP contribution in [0.15, 0.2) is 18.2 Å². The van der Waals surface area contributed by atoms with E-state index < -0.39 is 10.8 Å². The molecule has 0 aliphatic heterocycles. The molecule has 0 radical (unpaired) electrons. The molecule has 84 valence electrons. The van der Waals surface area contributed by atoms with E-state index in [0.29, 0.717) is 16.5 Å². The zero-order valence-corrected chi connectivity index (χ0v) is 10.4. The molecule has 15 heavy (non-hydrogen) atoms. The lowest BCUT2D eigenvalue weighted by Crippen LogP contribution is -2.23. The third-order valence-electron chi connectivity index (χ3n) is 1.92. The summed E-state index contributed by atoms with van der Waals surface area (Å²) in [6, 6.07) is 5.43. The molecule has 2 atom stereocenters. The van der Waals surface area contributed by atoms with Crippen LogP contribution >= 0.6 is 11.6 Å². The van der Waals surface area contributed by atoms with Crippen molar-refractivity contribution in [3.05, 3.63) is 23.2 Å². The zero-order valence-electron chi connectivity index (χ0n) is 8.79. The van der Waals surface area contributed by atoms with Gasteiger partial charge < -0.3 is 11.1 Å². The molecule has 0 aromatic heterocycles. The van der Waals surface area contributed by atoms with E-state index in [1.165, 1.54) is 0 Å². The molecule has 0 aliphatic rings. The molecule has 0 heterocycles. The van der Waals surface area contributed by atoms with Crippen LogP contribution in [0.1, 0.15) is 6.92 Å². The molecule has 0 fully saturated rings. The van der Waals surface area contributed by atoms with E-state index in [4.69, 9.17) is 17.3 Å². The van der Waals surface area contributed by atoms with Crippen LogP contribution in [0.3, 0.4) is 0 Å². The van der Waals surface area contributed by atoms with Crippen molar-refractivity contribution in [3.63, 3.8) is 0 Å². The number of nitrogens with one attached hydrogen (secondary N) is 1. The van der Waals surface area contributed by atoms with Crippen LogP contribution < -0.4 is 11.1 Å². The second-order valence-corrected chi connectivity index (χ2v) is 5.38. The molecule has 0 saturated heterocycles. The summed E-state index contributed by atoms with van der Waals surface area (Å²) in [5, 5.41) is 3.75. The SMILES string of the molecule is CC(CS(C)=O)Nc1c(N)cccc1Cl. The molecule has 0 aliphatic carbocycles. The van der Waals surface area contributed by atoms with E-state index in [1.807, 2.05) is 6.92 Å². The molecule has 0 saturated carbocycles. The average molecular weight is 247 g/mol. The first-order chi connectivity index (χ1) is 7.00. The Labute approximate surface area is 97.5 Å². The van der Waals surface area contributed by atoms with Gasteiger partial charge in [0.15, 0.2) is 0 Å². The van der Waals surface area contributed by atoms with Gasteiger partial charge in [-0.25, -0.2) is 0 Å². The van der Waals surface area contributed by atoms with E-state index >= 15 is 0 Å². The quantitative estimate of drug-likeness (QED) is 0.800. The van der Waals surface area contributed by atoms with Gasteiger partial charge >= 0.3 is 0 Å². The highest BCUT2D eigenvalue weighted by molar-refractivity contribution is 7.84. The summed E-state index contributed by atoms with van der Waals surface area (Å²) in [6.07, 6.45) is 1.67. The van der Waals surface area contributed by atoms with Crippen molar-refractivity contribution >= 4 is 33.8 Å². The van der Waals surface area contributed by atoms with E-state index in [0.717, 1.165) is 5.69 Å². The van der Waals surface area contributed by atoms with Crippen LogP contribution in [0.25, 0.3) is 0 Å². The largest absolute Gasteiger partial charge is 0.397 e. The fraction of sp³-hybridized carbons (Fsp3) is 0.400. The molecule has 3 N–H and O–H groups in total. The molecule has 0 amide bonds. The number of para-hydroxylation sites is 1. The monoisotopic (exact) mass is 246 g/mol. The Hall–Kier alpha value is -0.740. The normalized spacial score (nSPS) is 14.6. The summed E-state index contributed by atoms with van der Waals surface area (Å²) in [6.45, 7) is 1.95. The minimum atomic E-state index is -0.829. The first-order valence-electron chi connectivity index (χ1n) is 4.61. The highest BCUT2D eigenvalue weighted by Crippen LogP contribution is 2.28. The van der Waals surface area contributed by atoms with Crippen molar-refractivity contribution in [1.82, 2.24) is 0 Å². The minimum absolute atomic E-state index is 0.0815. The van der Waals surface area contributed by atoms with Crippen LogP contribution in [-0.4, -0.2) is 22.3 Å². The first kappa shape index (κ1) is 12.3. The van der Waals surface area contributed by atoms with E-state index in [9.17, 15) is 4.21 Å². The lowest BCUT2D eigenvalue weighted by atomic mass is 10.2. The Morgan fingerprint density at radius 2 is 2.27 bits per heavy atom. The molecular formula is C10H15ClN2OS. The fourth-order valence-corrected chi connectivity index (χ4v) is 2.36. The fourth-order valence-electron chi connectivity index (χ4n) is 1.33. The number of benzene rings is 1. The predicted octanol–water partition coefficient (Wildman–Crippen LogP) is 2.10. The van der Waals surface area contributed by atoms with Crippen molar-refractivity contribution in [3.8, 4) is 0 Å². The summed E-state index contributed by atoms with van der Waals surface area (Å²) in [7, 11) is -0.829. The molecule has 1 aromatic rings. The second kappa shape index (κ2) is 5.37. The third kappa shape index (κ3) is 3.72. The van der Waals surface area contributed by atoms with E-state index in [2.05, 4.69) is 5.32 Å². The Kier molecular flexibility index (Phi) is 4.42. The topological polar surface area (TPSA) is 55.1 Å². The van der Waals surface area contributed by atoms with Gasteiger partial charge in [0, 0.05) is 28.9 Å². The molecule has 5 heteroatoms. The smallest absolute Gasteiger partial charge is 0.0765 e. The zero-order chi connectivity index (χ0) is 11.4. The number of hydrogen-bond acceptors (Lipinski definition) is 3. The van der Waals surface area contributed by atoms with E-state index in [-0.39, 0.29) is 6.04 Å². The van der Waals surface area contributed by atoms with Gasteiger partial charge in [-0.3, -0.25) is 4.21 Å². The van der Waals surface area contributed by atoms with Crippen molar-refractivity contribution in [2.24, 2.45) is 0 Å². The molecular weight excluding hydrogens is 232 g/mol. The summed E-state index contributed by atoms with van der Waals surface area (Å²) < 4.78 is 11.0. The summed E-state index contributed by atoms with van der Waals surface area (Å²) in [5.74, 6) is 0.574. The number of halogens is 1. The second-order valence-electron chi connectivity index (χ2n) is 3.49. The van der Waals surface area contributed by atoms with Gasteiger partial charge in [-0.2, -0.15) is 0 Å². The van der Waals surface area contributed by atoms with Crippen molar-refractivity contribution in [2.75, 3.05) is 23.1 Å². The standard InChI is InChI=1S/C10H15ClN2OS/c1-7(6-15(2)14)13-10-8(11)4-3-5-9(10)12/h3-5,7,13H,6,12H2,1-2H3. The van der Waals surface area contributed by atoms with Crippen molar-refractivity contribution in [2.45, 2.75) is 13.0 Å². The maximum Gasteiger partial charge on any atom is 0.0765 e. The Bertz CT molecular complexity index is 350. The number of rotatable bonds is 4. The number of anilines is 2. The molecule has 1 rings (SSSR count). The van der Waals surface area contributed by atoms with Gasteiger partial charge in [-0.15, -0.1) is 0 Å². The van der Waals surface area contributed by atoms with Crippen LogP contribution in [0, 0.1) is 0 Å². The third-order valence-corrected chi connectivity index (χ3v) is 3.21. The molecule has 0 bridgehead atoms. The van der Waals surface area contributed by atoms with Crippen LogP contribution in [0.2, 0.25) is 5.02 Å². The molecule has 1 aromatic carbocycles. The first-order valence-corrected chi connectivity index (χ1v) is 6.71. The minimum Gasteiger partial charge on any atom is -0.397 e. The van der Waals surface area contributed by atoms with Gasteiger partial charge in [0.25, 0.3) is 0 Å². The van der Waals surface area contributed by atoms with E-state index in [1.54, 1.807) is 24.5 Å². The lowest BCUT2D eigenvalue weighted by Gasteiger charge is -2.16. The maximum atomic E-state index is 11.0. The van der Waals surface area contributed by atoms with Gasteiger partial charge in [0.2, 0.25) is 0 Å². The number of hydrogen-bond donors (Lipinski definition) is 2. The Morgan fingerprint density at radius 1 is 1.60 bits per heavy atom. The Morgan fingerprint density at radius 3 is 2.80 bits per heavy atom. The van der Waals surface area contributed by atoms with Crippen molar-refractivity contribution in [1.29, 1.82) is 0 Å². The summed E-state index contributed by atoms with van der Waals surface area (Å²) >= 11 is 5.99. The van der Waals surface area contributed by atoms with Crippen LogP contribution in [0.4, 0.5) is 11.4 Å². The predicted molar refractivity (Wildman–Crippen MR) is 67.9 cm³/mol. The summed E-state index contributed by atoms with van der Waals surface area (Å²) in [4.78, 5) is 0. The Balaban J connectivity index is 2.76. The number of nitrogens with two attached hydrogens (primary N) is 1. The van der Waals surface area contributed by atoms with Gasteiger partial charge in [0.05, 0.1) is 16.4 Å². The molecule has 2 unspecified atom stereocenters. The average Bonchev–Trinajstić information content (AvgIpc) is 2.10. The molecule has 0 spiro atoms. The maximum absolute atomic E-state index is 11.0. The van der Waals surface area contributed by atoms with Gasteiger partial charge in [-0.1, -0.05) is 17.7 Å². The van der Waals surface area contributed by atoms with Gasteiger partial charge in [-0.05, 0) is 19.1 Å². The lowest BCUT2D eigenvalue weighted by molar-refractivity contribution is 0.683. The van der Waals surface area contributed by atoms with Gasteiger partial charge in [0.1, 0.15) is 0 Å². The van der Waals surface area contributed by atoms with Crippen LogP contribution in [0.5, 0.6) is 0 Å². The van der Waals surface area contributed by atoms with Crippen LogP contribution in [-0.2, 0) is 10.8 Å². The summed E-state index contributed by atoms with van der Waals surface area (Å²) in [5.41, 5.74) is 7.10. The van der Waals surface area contributed by atoms with Crippen molar-refractivity contribution < 1.29 is 4.21 Å².